The smallest absolute Gasteiger partial charge is 0.288 e. The lowest BCUT2D eigenvalue weighted by molar-refractivity contribution is -0.137. The van der Waals surface area contributed by atoms with Gasteiger partial charge in [-0.1, -0.05) is 0 Å². The maximum atomic E-state index is 11.8. The summed E-state index contributed by atoms with van der Waals surface area (Å²) in [6.45, 7) is 1.29. The molecule has 2 N–H and O–H groups in total. The van der Waals surface area contributed by atoms with E-state index in [1.54, 1.807) is 28.2 Å². The van der Waals surface area contributed by atoms with Gasteiger partial charge in [0, 0.05) is 27.2 Å². The van der Waals surface area contributed by atoms with Gasteiger partial charge in [-0.15, -0.1) is 0 Å². The third kappa shape index (κ3) is 5.27. The molecule has 0 bridgehead atoms. The molecule has 0 aromatic carbocycles. The number of aliphatic hydroxyl groups is 2. The highest BCUT2D eigenvalue weighted by atomic mass is 16.3. The third-order valence-electron chi connectivity index (χ3n) is 2.75. The molecule has 7 heteroatoms. The zero-order chi connectivity index (χ0) is 15.4. The molecular formula is C12H23N3O4. The Hall–Kier alpha value is -1.60. The first-order valence-electron chi connectivity index (χ1n) is 5.76. The van der Waals surface area contributed by atoms with E-state index in [1.807, 2.05) is 0 Å². The van der Waals surface area contributed by atoms with E-state index in [0.717, 1.165) is 11.0 Å². The number of aliphatic hydroxyl groups excluding tert-OH is 1. The van der Waals surface area contributed by atoms with Crippen molar-refractivity contribution in [2.24, 2.45) is 0 Å². The minimum absolute atomic E-state index is 0.145. The molecule has 0 rings (SSSR count). The first-order chi connectivity index (χ1) is 8.49. The molecule has 0 radical (unpaired) electrons. The fraction of sp³-hybridized carbons (Fsp3) is 0.667. The quantitative estimate of drug-likeness (QED) is 0.391. The minimum atomic E-state index is -1.45. The average Bonchev–Trinajstić information content (AvgIpc) is 2.26. The summed E-state index contributed by atoms with van der Waals surface area (Å²) in [7, 11) is 7.76. The molecule has 0 fully saturated rings. The summed E-state index contributed by atoms with van der Waals surface area (Å²) in [5.74, 6) is -1.59. The number of hydrogen-bond donors (Lipinski definition) is 2. The van der Waals surface area contributed by atoms with Gasteiger partial charge in [0.2, 0.25) is 5.91 Å². The number of likely N-dealkylation sites (N-methyl/N-ethyl adjacent to an activating group) is 3. The highest BCUT2D eigenvalue weighted by molar-refractivity contribution is 5.93. The van der Waals surface area contributed by atoms with Gasteiger partial charge in [0.15, 0.2) is 5.76 Å². The standard InChI is InChI=1S/C12H23N3O4/c1-12(19,14(4)5)7-9(16)11(18)15(6)8-10(17)13(2)3/h7,16,19H,8H2,1-6H3/b9-7-. The lowest BCUT2D eigenvalue weighted by Crippen LogP contribution is -2.42. The fourth-order valence-corrected chi connectivity index (χ4v) is 1.06. The molecule has 0 aromatic heterocycles. The third-order valence-corrected chi connectivity index (χ3v) is 2.75. The van der Waals surface area contributed by atoms with Crippen LogP contribution in [0.5, 0.6) is 0 Å². The van der Waals surface area contributed by atoms with Crippen LogP contribution >= 0.6 is 0 Å². The van der Waals surface area contributed by atoms with Crippen LogP contribution in [0, 0.1) is 0 Å². The Labute approximate surface area is 113 Å². The second kappa shape index (κ2) is 6.53. The molecule has 19 heavy (non-hydrogen) atoms. The van der Waals surface area contributed by atoms with E-state index in [4.69, 9.17) is 0 Å². The normalized spacial score (nSPS) is 15.1. The minimum Gasteiger partial charge on any atom is -0.503 e. The molecule has 1 atom stereocenters. The summed E-state index contributed by atoms with van der Waals surface area (Å²) >= 11 is 0. The summed E-state index contributed by atoms with van der Waals surface area (Å²) < 4.78 is 0. The molecule has 7 nitrogen and oxygen atoms in total. The van der Waals surface area contributed by atoms with Gasteiger partial charge in [0.25, 0.3) is 5.91 Å². The van der Waals surface area contributed by atoms with E-state index in [0.29, 0.717) is 0 Å². The molecular weight excluding hydrogens is 250 g/mol. The van der Waals surface area contributed by atoms with Crippen LogP contribution in [-0.4, -0.2) is 84.2 Å². The first kappa shape index (κ1) is 17.4. The van der Waals surface area contributed by atoms with Gasteiger partial charge in [-0.25, -0.2) is 0 Å². The van der Waals surface area contributed by atoms with E-state index in [9.17, 15) is 19.8 Å². The van der Waals surface area contributed by atoms with Gasteiger partial charge < -0.3 is 20.0 Å². The largest absolute Gasteiger partial charge is 0.503 e. The number of nitrogens with zero attached hydrogens (tertiary/aromatic N) is 3. The molecule has 0 aliphatic carbocycles. The zero-order valence-corrected chi connectivity index (χ0v) is 12.3. The van der Waals surface area contributed by atoms with Crippen LogP contribution in [0.15, 0.2) is 11.8 Å². The molecule has 2 amide bonds. The fourth-order valence-electron chi connectivity index (χ4n) is 1.06. The van der Waals surface area contributed by atoms with Gasteiger partial charge in [-0.05, 0) is 21.0 Å². The van der Waals surface area contributed by atoms with Crippen LogP contribution in [0.3, 0.4) is 0 Å². The molecule has 0 saturated carbocycles. The number of hydrogen-bond acceptors (Lipinski definition) is 5. The molecule has 0 saturated heterocycles. The summed E-state index contributed by atoms with van der Waals surface area (Å²) in [5, 5.41) is 19.6. The van der Waals surface area contributed by atoms with Gasteiger partial charge in [-0.2, -0.15) is 0 Å². The van der Waals surface area contributed by atoms with E-state index in [1.165, 1.54) is 23.8 Å². The highest BCUT2D eigenvalue weighted by Gasteiger charge is 2.25. The van der Waals surface area contributed by atoms with Crippen LogP contribution in [0.4, 0.5) is 0 Å². The molecule has 0 aliphatic rings. The van der Waals surface area contributed by atoms with Crippen LogP contribution < -0.4 is 0 Å². The van der Waals surface area contributed by atoms with Crippen molar-refractivity contribution in [3.05, 3.63) is 11.8 Å². The summed E-state index contributed by atoms with van der Waals surface area (Å²) in [4.78, 5) is 27.1. The Morgan fingerprint density at radius 1 is 1.16 bits per heavy atom. The molecule has 0 aliphatic heterocycles. The second-order valence-electron chi connectivity index (χ2n) is 4.97. The maximum absolute atomic E-state index is 11.8. The van der Waals surface area contributed by atoms with Crippen LogP contribution in [0.2, 0.25) is 0 Å². The SMILES string of the molecule is CN(C)C(=O)CN(C)C(=O)/C(O)=C/C(C)(O)N(C)C. The van der Waals surface area contributed by atoms with Crippen molar-refractivity contribution in [1.29, 1.82) is 0 Å². The van der Waals surface area contributed by atoms with E-state index in [-0.39, 0.29) is 12.5 Å². The van der Waals surface area contributed by atoms with Crippen molar-refractivity contribution >= 4 is 11.8 Å². The predicted molar refractivity (Wildman–Crippen MR) is 71.4 cm³/mol. The zero-order valence-electron chi connectivity index (χ0n) is 12.3. The van der Waals surface area contributed by atoms with Gasteiger partial charge in [0.05, 0.1) is 6.54 Å². The molecule has 0 heterocycles. The van der Waals surface area contributed by atoms with Gasteiger partial charge >= 0.3 is 0 Å². The first-order valence-corrected chi connectivity index (χ1v) is 5.76. The van der Waals surface area contributed by atoms with Crippen molar-refractivity contribution in [3.63, 3.8) is 0 Å². The number of carbonyl (C=O) groups is 2. The summed E-state index contributed by atoms with van der Waals surface area (Å²) in [6.07, 6.45) is 1.03. The van der Waals surface area contributed by atoms with Crippen molar-refractivity contribution < 1.29 is 19.8 Å². The molecule has 110 valence electrons. The van der Waals surface area contributed by atoms with Crippen molar-refractivity contribution in [2.75, 3.05) is 41.8 Å². The molecule has 0 aromatic rings. The summed E-state index contributed by atoms with van der Waals surface area (Å²) in [6, 6.07) is 0. The lowest BCUT2D eigenvalue weighted by atomic mass is 10.2. The van der Waals surface area contributed by atoms with Crippen molar-refractivity contribution in [2.45, 2.75) is 12.6 Å². The second-order valence-corrected chi connectivity index (χ2v) is 4.97. The Bertz CT molecular complexity index is 375. The van der Waals surface area contributed by atoms with Crippen LogP contribution in [0.25, 0.3) is 0 Å². The van der Waals surface area contributed by atoms with Crippen molar-refractivity contribution in [1.82, 2.24) is 14.7 Å². The highest BCUT2D eigenvalue weighted by Crippen LogP contribution is 2.11. The Morgan fingerprint density at radius 2 is 1.63 bits per heavy atom. The Morgan fingerprint density at radius 3 is 2.00 bits per heavy atom. The monoisotopic (exact) mass is 273 g/mol. The summed E-state index contributed by atoms with van der Waals surface area (Å²) in [5.41, 5.74) is -1.45. The number of carbonyl (C=O) groups excluding carboxylic acids is 2. The van der Waals surface area contributed by atoms with Gasteiger partial charge in [0.1, 0.15) is 5.72 Å². The van der Waals surface area contributed by atoms with Crippen LogP contribution in [0.1, 0.15) is 6.92 Å². The topological polar surface area (TPSA) is 84.3 Å². The Kier molecular flexibility index (Phi) is 5.98. The van der Waals surface area contributed by atoms with Crippen LogP contribution in [-0.2, 0) is 9.59 Å². The molecule has 1 unspecified atom stereocenters. The average molecular weight is 273 g/mol. The van der Waals surface area contributed by atoms with E-state index >= 15 is 0 Å². The number of rotatable bonds is 5. The van der Waals surface area contributed by atoms with Gasteiger partial charge in [-0.3, -0.25) is 14.5 Å². The van der Waals surface area contributed by atoms with E-state index in [2.05, 4.69) is 0 Å². The molecule has 0 spiro atoms. The van der Waals surface area contributed by atoms with E-state index < -0.39 is 17.4 Å². The lowest BCUT2D eigenvalue weighted by Gasteiger charge is -2.28. The maximum Gasteiger partial charge on any atom is 0.288 e. The number of amides is 2. The predicted octanol–water partition coefficient (Wildman–Crippen LogP) is -0.755. The van der Waals surface area contributed by atoms with Crippen molar-refractivity contribution in [3.8, 4) is 0 Å². The Balaban J connectivity index is 4.83.